The molecule has 1 saturated heterocycles. The molecule has 2 aromatic rings. The third-order valence-corrected chi connectivity index (χ3v) is 6.15. The minimum Gasteiger partial charge on any atom is -0.494 e. The van der Waals surface area contributed by atoms with Crippen LogP contribution < -0.4 is 0 Å². The maximum atomic E-state index is 13.4. The molecule has 2 unspecified atom stereocenters. The lowest BCUT2D eigenvalue weighted by atomic mass is 9.69. The highest BCUT2D eigenvalue weighted by Crippen LogP contribution is 2.67. The van der Waals surface area contributed by atoms with Gasteiger partial charge in [0.2, 0.25) is 11.8 Å². The lowest BCUT2D eigenvalue weighted by Crippen LogP contribution is -2.54. The summed E-state index contributed by atoms with van der Waals surface area (Å²) < 4.78 is 51.5. The Bertz CT molecular complexity index is 1180. The van der Waals surface area contributed by atoms with Crippen LogP contribution in [0.4, 0.5) is 13.2 Å². The number of methoxy groups -OCH3 is 1. The van der Waals surface area contributed by atoms with Gasteiger partial charge in [-0.2, -0.15) is 18.4 Å². The molecule has 0 spiro atoms. The number of nitrogens with zero attached hydrogens (tertiary/aromatic N) is 2. The molecule has 0 aliphatic carbocycles. The molecule has 3 N–H and O–H groups in total. The van der Waals surface area contributed by atoms with Crippen LogP contribution in [0.1, 0.15) is 42.5 Å². The highest BCUT2D eigenvalue weighted by Gasteiger charge is 2.74. The molecule has 1 aromatic carbocycles. The van der Waals surface area contributed by atoms with Crippen LogP contribution >= 0.6 is 0 Å². The highest BCUT2D eigenvalue weighted by molar-refractivity contribution is 5.84. The predicted molar refractivity (Wildman–Crippen MR) is 96.2 cm³/mol. The van der Waals surface area contributed by atoms with E-state index in [0.717, 1.165) is 23.8 Å². The molecule has 8 nitrogen and oxygen atoms in total. The van der Waals surface area contributed by atoms with Crippen LogP contribution in [0.3, 0.4) is 0 Å². The van der Waals surface area contributed by atoms with E-state index in [-0.39, 0.29) is 23.2 Å². The number of alkyl halides is 3. The molecular formula is C20H17F3N2O6. The van der Waals surface area contributed by atoms with Crippen LogP contribution in [-0.4, -0.2) is 38.6 Å². The second-order valence-corrected chi connectivity index (χ2v) is 7.97. The average Bonchev–Trinajstić information content (AvgIpc) is 3.19. The Morgan fingerprint density at radius 1 is 1.26 bits per heavy atom. The summed E-state index contributed by atoms with van der Waals surface area (Å²) in [6.07, 6.45) is -5.16. The third-order valence-electron chi connectivity index (χ3n) is 6.15. The first kappa shape index (κ1) is 21.0. The van der Waals surface area contributed by atoms with E-state index in [9.17, 15) is 33.3 Å². The van der Waals surface area contributed by atoms with Crippen molar-refractivity contribution in [2.45, 2.75) is 43.2 Å². The highest BCUT2D eigenvalue weighted by atomic mass is 19.4. The molecule has 0 amide bonds. The fourth-order valence-electron chi connectivity index (χ4n) is 4.81. The normalized spacial score (nSPS) is 29.0. The molecule has 3 heterocycles. The number of fused-ring (bicyclic) bond motifs is 5. The van der Waals surface area contributed by atoms with Crippen LogP contribution in [0, 0.1) is 11.3 Å². The number of hydrogen-bond acceptors (Lipinski definition) is 7. The first-order chi connectivity index (χ1) is 14.2. The van der Waals surface area contributed by atoms with Gasteiger partial charge in [-0.15, -0.1) is 0 Å². The number of rotatable bonds is 2. The number of aromatic hydroxyl groups is 2. The molecule has 11 heteroatoms. The molecule has 31 heavy (non-hydrogen) atoms. The summed E-state index contributed by atoms with van der Waals surface area (Å²) in [5.41, 5.74) is -7.72. The summed E-state index contributed by atoms with van der Waals surface area (Å²) in [6, 6.07) is 4.12. The predicted octanol–water partition coefficient (Wildman–Crippen LogP) is 2.55. The maximum Gasteiger partial charge on any atom is 0.417 e. The van der Waals surface area contributed by atoms with Gasteiger partial charge in [-0.1, -0.05) is 0 Å². The number of esters is 1. The number of ether oxygens (including phenoxy) is 2. The van der Waals surface area contributed by atoms with Crippen molar-refractivity contribution in [3.05, 3.63) is 40.5 Å². The zero-order valence-electron chi connectivity index (χ0n) is 16.5. The van der Waals surface area contributed by atoms with Gasteiger partial charge in [0, 0.05) is 6.42 Å². The third kappa shape index (κ3) is 2.40. The summed E-state index contributed by atoms with van der Waals surface area (Å²) in [6.45, 7) is 2.80. The number of halogens is 3. The molecule has 0 saturated carbocycles. The van der Waals surface area contributed by atoms with Crippen molar-refractivity contribution in [1.82, 2.24) is 4.57 Å². The van der Waals surface area contributed by atoms with Gasteiger partial charge in [0.1, 0.15) is 11.2 Å². The fraction of sp³-hybridized carbons (Fsp3) is 0.400. The first-order valence-corrected chi connectivity index (χ1v) is 9.05. The van der Waals surface area contributed by atoms with Gasteiger partial charge in [-0.3, -0.25) is 4.57 Å². The molecular weight excluding hydrogens is 421 g/mol. The number of carbonyl (C=O) groups excluding carboxylic acids is 1. The van der Waals surface area contributed by atoms with E-state index >= 15 is 0 Å². The van der Waals surface area contributed by atoms with E-state index in [4.69, 9.17) is 10.00 Å². The number of aliphatic hydroxyl groups is 1. The van der Waals surface area contributed by atoms with Gasteiger partial charge in [0.05, 0.1) is 41.1 Å². The van der Waals surface area contributed by atoms with Gasteiger partial charge in [-0.05, 0) is 32.0 Å². The Hall–Kier alpha value is -3.23. The van der Waals surface area contributed by atoms with E-state index in [2.05, 4.69) is 4.74 Å². The van der Waals surface area contributed by atoms with Crippen molar-refractivity contribution in [1.29, 1.82) is 5.26 Å². The Morgan fingerprint density at radius 2 is 1.87 bits per heavy atom. The summed E-state index contributed by atoms with van der Waals surface area (Å²) in [4.78, 5) is 12.3. The van der Waals surface area contributed by atoms with Crippen LogP contribution in [-0.2, 0) is 31.6 Å². The quantitative estimate of drug-likeness (QED) is 0.616. The van der Waals surface area contributed by atoms with Gasteiger partial charge in [0.25, 0.3) is 0 Å². The van der Waals surface area contributed by atoms with Crippen LogP contribution in [0.2, 0.25) is 0 Å². The van der Waals surface area contributed by atoms with Crippen molar-refractivity contribution >= 4 is 5.97 Å². The van der Waals surface area contributed by atoms with Gasteiger partial charge < -0.3 is 24.8 Å². The fourth-order valence-corrected chi connectivity index (χ4v) is 4.81. The maximum absolute atomic E-state index is 13.4. The zero-order chi connectivity index (χ0) is 23.1. The molecule has 1 aromatic heterocycles. The van der Waals surface area contributed by atoms with Crippen molar-refractivity contribution in [3.63, 3.8) is 0 Å². The van der Waals surface area contributed by atoms with Crippen molar-refractivity contribution < 1.29 is 42.8 Å². The second kappa shape index (κ2) is 5.93. The molecule has 2 aliphatic heterocycles. The Morgan fingerprint density at radius 3 is 2.42 bits per heavy atom. The van der Waals surface area contributed by atoms with Gasteiger partial charge in [-0.25, -0.2) is 4.79 Å². The van der Waals surface area contributed by atoms with Crippen molar-refractivity contribution in [2.75, 3.05) is 7.11 Å². The van der Waals surface area contributed by atoms with E-state index < -0.39 is 51.8 Å². The van der Waals surface area contributed by atoms with E-state index in [1.165, 1.54) is 19.9 Å². The lowest BCUT2D eigenvalue weighted by molar-refractivity contribution is -0.183. The van der Waals surface area contributed by atoms with E-state index in [1.54, 1.807) is 0 Å². The second-order valence-electron chi connectivity index (χ2n) is 7.97. The zero-order valence-corrected chi connectivity index (χ0v) is 16.5. The molecule has 3 atom stereocenters. The Balaban J connectivity index is 1.98. The molecule has 164 valence electrons. The van der Waals surface area contributed by atoms with Crippen LogP contribution in [0.25, 0.3) is 5.69 Å². The van der Waals surface area contributed by atoms with Crippen molar-refractivity contribution in [3.8, 4) is 23.5 Å². The summed E-state index contributed by atoms with van der Waals surface area (Å²) >= 11 is 0. The minimum atomic E-state index is -4.85. The number of hydrogen-bond donors (Lipinski definition) is 3. The largest absolute Gasteiger partial charge is 0.494 e. The standard InChI is InChI=1S/C20H17F3N2O6/c1-17-8-19(29,16(28)30-3)18(2,31-17)13-12(17)14(26)25(15(13)27)10-5-4-9(7-24)11(6-10)20(21,22)23/h4-6,26-27,29H,8H2,1-3H3/t17?,18?,19-/m1/s1. The Labute approximate surface area is 173 Å². The van der Waals surface area contributed by atoms with Crippen LogP contribution in [0.5, 0.6) is 11.8 Å². The number of aromatic nitrogens is 1. The van der Waals surface area contributed by atoms with Crippen LogP contribution in [0.15, 0.2) is 18.2 Å². The van der Waals surface area contributed by atoms with Gasteiger partial charge >= 0.3 is 12.1 Å². The van der Waals surface area contributed by atoms with Crippen molar-refractivity contribution in [2.24, 2.45) is 0 Å². The summed E-state index contributed by atoms with van der Waals surface area (Å²) in [7, 11) is 1.07. The number of carbonyl (C=O) groups is 1. The smallest absolute Gasteiger partial charge is 0.417 e. The molecule has 1 fully saturated rings. The summed E-state index contributed by atoms with van der Waals surface area (Å²) in [5, 5.41) is 41.8. The summed E-state index contributed by atoms with van der Waals surface area (Å²) in [5.74, 6) is -2.34. The topological polar surface area (TPSA) is 125 Å². The first-order valence-electron chi connectivity index (χ1n) is 9.05. The van der Waals surface area contributed by atoms with E-state index in [0.29, 0.717) is 6.07 Å². The lowest BCUT2D eigenvalue weighted by Gasteiger charge is -2.35. The average molecular weight is 438 g/mol. The molecule has 2 aliphatic rings. The Kier molecular flexibility index (Phi) is 4.02. The number of nitriles is 1. The van der Waals surface area contributed by atoms with E-state index in [1.807, 2.05) is 0 Å². The molecule has 0 radical (unpaired) electrons. The number of benzene rings is 1. The SMILES string of the molecule is COC(=O)[C@]1(O)CC2(C)OC1(C)c1c2c(O)n(-c2ccc(C#N)c(C(F)(F)F)c2)c1O. The molecule has 4 rings (SSSR count). The monoisotopic (exact) mass is 438 g/mol. The minimum absolute atomic E-state index is 0.0407. The molecule has 2 bridgehead atoms. The van der Waals surface area contributed by atoms with Gasteiger partial charge in [0.15, 0.2) is 5.60 Å².